The topological polar surface area (TPSA) is 80.7 Å². The molecule has 0 unspecified atom stereocenters. The number of benzene rings is 2. The molecule has 5 heteroatoms. The maximum absolute atomic E-state index is 8.15. The minimum absolute atomic E-state index is 0.0696. The summed E-state index contributed by atoms with van der Waals surface area (Å²) >= 11 is 0. The number of aliphatic imine (C=N–C) groups is 1. The van der Waals surface area contributed by atoms with Gasteiger partial charge < -0.3 is 15.2 Å². The highest BCUT2D eigenvalue weighted by Gasteiger charge is 2.14. The van der Waals surface area contributed by atoms with Crippen molar-refractivity contribution in [2.24, 2.45) is 10.7 Å². The molecule has 2 aromatic rings. The second kappa shape index (κ2) is 8.49. The summed E-state index contributed by atoms with van der Waals surface area (Å²) in [6.07, 6.45) is 1.40. The highest BCUT2D eigenvalue weighted by Crippen LogP contribution is 2.24. The highest BCUT2D eigenvalue weighted by molar-refractivity contribution is 6.20. The first kappa shape index (κ1) is 18.0. The van der Waals surface area contributed by atoms with Crippen LogP contribution in [0.4, 0.5) is 0 Å². The van der Waals surface area contributed by atoms with E-state index in [1.54, 1.807) is 38.1 Å². The van der Waals surface area contributed by atoms with Crippen LogP contribution in [0.15, 0.2) is 83.6 Å². The van der Waals surface area contributed by atoms with Crippen molar-refractivity contribution in [2.45, 2.75) is 13.8 Å². The van der Waals surface area contributed by atoms with Crippen LogP contribution in [-0.4, -0.2) is 11.6 Å². The van der Waals surface area contributed by atoms with Crippen molar-refractivity contribution in [3.8, 4) is 17.2 Å². The Labute approximate surface area is 147 Å². The van der Waals surface area contributed by atoms with E-state index >= 15 is 0 Å². The number of para-hydroxylation sites is 1. The van der Waals surface area contributed by atoms with Crippen LogP contribution in [0.25, 0.3) is 0 Å². The van der Waals surface area contributed by atoms with E-state index in [-0.39, 0.29) is 5.90 Å². The van der Waals surface area contributed by atoms with Gasteiger partial charge in [-0.15, -0.1) is 0 Å². The molecule has 0 fully saturated rings. The van der Waals surface area contributed by atoms with E-state index < -0.39 is 0 Å². The molecule has 0 aromatic heterocycles. The molecule has 128 valence electrons. The average Bonchev–Trinajstić information content (AvgIpc) is 2.57. The second-order valence-electron chi connectivity index (χ2n) is 5.27. The lowest BCUT2D eigenvalue weighted by Crippen LogP contribution is -2.20. The molecular weight excluding hydrogens is 314 g/mol. The van der Waals surface area contributed by atoms with E-state index in [9.17, 15) is 0 Å². The lowest BCUT2D eigenvalue weighted by molar-refractivity contribution is 0.480. The fraction of sp³-hybridized carbons (Fsp3) is 0.100. The van der Waals surface area contributed by atoms with E-state index in [4.69, 9.17) is 20.6 Å². The van der Waals surface area contributed by atoms with E-state index in [1.807, 2.05) is 30.3 Å². The summed E-state index contributed by atoms with van der Waals surface area (Å²) in [6, 6.07) is 16.5. The maximum atomic E-state index is 8.15. The number of nitrogens with zero attached hydrogens (tertiary/aromatic N) is 1. The molecule has 3 N–H and O–H groups in total. The summed E-state index contributed by atoms with van der Waals surface area (Å²) < 4.78 is 11.3. The lowest BCUT2D eigenvalue weighted by atomic mass is 10.1. The third kappa shape index (κ3) is 5.07. The molecule has 0 aliphatic heterocycles. The van der Waals surface area contributed by atoms with Crippen LogP contribution in [0.1, 0.15) is 13.8 Å². The smallest absolute Gasteiger partial charge is 0.222 e. The summed E-state index contributed by atoms with van der Waals surface area (Å²) in [5.41, 5.74) is 7.33. The monoisotopic (exact) mass is 335 g/mol. The molecule has 0 amide bonds. The zero-order chi connectivity index (χ0) is 18.2. The van der Waals surface area contributed by atoms with Crippen molar-refractivity contribution in [1.29, 1.82) is 5.41 Å². The molecule has 2 aromatic carbocycles. The number of ether oxygens (including phenoxy) is 2. The number of rotatable bonds is 6. The Morgan fingerprint density at radius 1 is 1.00 bits per heavy atom. The van der Waals surface area contributed by atoms with Crippen LogP contribution in [0, 0.1) is 5.41 Å². The Morgan fingerprint density at radius 3 is 2.12 bits per heavy atom. The number of hydrogen-bond acceptors (Lipinski definition) is 5. The summed E-state index contributed by atoms with van der Waals surface area (Å²) in [4.78, 5) is 4.07. The normalized spacial score (nSPS) is 12.2. The molecule has 25 heavy (non-hydrogen) atoms. The van der Waals surface area contributed by atoms with Crippen molar-refractivity contribution in [3.05, 3.63) is 78.6 Å². The van der Waals surface area contributed by atoms with Gasteiger partial charge in [-0.1, -0.05) is 24.8 Å². The van der Waals surface area contributed by atoms with Gasteiger partial charge in [-0.25, -0.2) is 0 Å². The minimum Gasteiger partial charge on any atom is -0.457 e. The Bertz CT molecular complexity index is 803. The molecule has 0 aliphatic carbocycles. The first-order chi connectivity index (χ1) is 12.0. The Hall–Kier alpha value is -3.34. The predicted octanol–water partition coefficient (Wildman–Crippen LogP) is 4.67. The molecule has 0 spiro atoms. The zero-order valence-electron chi connectivity index (χ0n) is 14.3. The van der Waals surface area contributed by atoms with Crippen molar-refractivity contribution >= 4 is 11.6 Å². The number of hydrogen-bond donors (Lipinski definition) is 2. The van der Waals surface area contributed by atoms with Gasteiger partial charge in [-0.05, 0) is 50.2 Å². The summed E-state index contributed by atoms with van der Waals surface area (Å²) in [5, 5.41) is 8.15. The van der Waals surface area contributed by atoms with Crippen LogP contribution in [-0.2, 0) is 0 Å². The standard InChI is InChI=1S/C20H21N3O2/c1-4-23-15(3)19(14(2)21)20(22)25-18-12-10-17(11-13-18)24-16-8-6-5-7-9-16/h4-13,22H,1,21H2,2-3H3/b19-14-,22-20?,23-15?. The highest BCUT2D eigenvalue weighted by atomic mass is 16.5. The van der Waals surface area contributed by atoms with Crippen molar-refractivity contribution in [3.63, 3.8) is 0 Å². The van der Waals surface area contributed by atoms with Crippen molar-refractivity contribution in [1.82, 2.24) is 0 Å². The third-order valence-corrected chi connectivity index (χ3v) is 3.29. The lowest BCUT2D eigenvalue weighted by Gasteiger charge is -2.12. The van der Waals surface area contributed by atoms with Crippen LogP contribution in [0.3, 0.4) is 0 Å². The predicted molar refractivity (Wildman–Crippen MR) is 102 cm³/mol. The summed E-state index contributed by atoms with van der Waals surface area (Å²) in [6.45, 7) is 7.01. The molecule has 0 saturated carbocycles. The van der Waals surface area contributed by atoms with Crippen molar-refractivity contribution in [2.75, 3.05) is 0 Å². The Morgan fingerprint density at radius 2 is 1.56 bits per heavy atom. The average molecular weight is 335 g/mol. The van der Waals surface area contributed by atoms with E-state index in [0.29, 0.717) is 28.5 Å². The van der Waals surface area contributed by atoms with Crippen molar-refractivity contribution < 1.29 is 9.47 Å². The first-order valence-electron chi connectivity index (χ1n) is 7.73. The quantitative estimate of drug-likeness (QED) is 0.594. The minimum atomic E-state index is -0.0696. The fourth-order valence-corrected chi connectivity index (χ4v) is 2.20. The molecule has 0 heterocycles. The van der Waals surface area contributed by atoms with Gasteiger partial charge in [0.15, 0.2) is 0 Å². The second-order valence-corrected chi connectivity index (χ2v) is 5.27. The molecule has 0 aliphatic rings. The fourth-order valence-electron chi connectivity index (χ4n) is 2.20. The van der Waals surface area contributed by atoms with Gasteiger partial charge in [0.2, 0.25) is 5.90 Å². The summed E-state index contributed by atoms with van der Waals surface area (Å²) in [7, 11) is 0. The van der Waals surface area contributed by atoms with Gasteiger partial charge in [-0.3, -0.25) is 10.4 Å². The van der Waals surface area contributed by atoms with Crippen LogP contribution in [0.5, 0.6) is 17.2 Å². The van der Waals surface area contributed by atoms with Gasteiger partial charge in [-0.2, -0.15) is 0 Å². The number of allylic oxidation sites excluding steroid dienone is 1. The van der Waals surface area contributed by atoms with E-state index in [2.05, 4.69) is 11.6 Å². The molecule has 0 saturated heterocycles. The van der Waals surface area contributed by atoms with Gasteiger partial charge in [0, 0.05) is 11.9 Å². The van der Waals surface area contributed by atoms with Crippen LogP contribution < -0.4 is 15.2 Å². The maximum Gasteiger partial charge on any atom is 0.222 e. The molecule has 0 bridgehead atoms. The molecule has 2 rings (SSSR count). The SMILES string of the molecule is C=CN=C(C)/C(C(=N)Oc1ccc(Oc2ccccc2)cc1)=C(\C)N. The Balaban J connectivity index is 2.10. The molecular formula is C20H21N3O2. The van der Waals surface area contributed by atoms with Crippen LogP contribution in [0.2, 0.25) is 0 Å². The number of nitrogens with two attached hydrogens (primary N) is 1. The van der Waals surface area contributed by atoms with Gasteiger partial charge >= 0.3 is 0 Å². The molecule has 0 atom stereocenters. The first-order valence-corrected chi connectivity index (χ1v) is 7.73. The van der Waals surface area contributed by atoms with Gasteiger partial charge in [0.25, 0.3) is 0 Å². The Kier molecular flexibility index (Phi) is 6.12. The van der Waals surface area contributed by atoms with Crippen LogP contribution >= 0.6 is 0 Å². The molecule has 5 nitrogen and oxygen atoms in total. The number of nitrogens with one attached hydrogen (secondary N) is 1. The van der Waals surface area contributed by atoms with E-state index in [1.165, 1.54) is 6.20 Å². The summed E-state index contributed by atoms with van der Waals surface area (Å²) in [5.74, 6) is 1.87. The molecule has 0 radical (unpaired) electrons. The largest absolute Gasteiger partial charge is 0.457 e. The van der Waals surface area contributed by atoms with Gasteiger partial charge in [0.1, 0.15) is 17.2 Å². The third-order valence-electron chi connectivity index (χ3n) is 3.29. The zero-order valence-corrected chi connectivity index (χ0v) is 14.3. The van der Waals surface area contributed by atoms with E-state index in [0.717, 1.165) is 5.75 Å². The van der Waals surface area contributed by atoms with Gasteiger partial charge in [0.05, 0.1) is 11.3 Å².